The van der Waals surface area contributed by atoms with Gasteiger partial charge in [0.15, 0.2) is 0 Å². The van der Waals surface area contributed by atoms with Gasteiger partial charge < -0.3 is 9.97 Å². The van der Waals surface area contributed by atoms with Crippen molar-refractivity contribution in [3.05, 3.63) is 91.7 Å². The molecule has 2 atom stereocenters. The number of fused-ring (bicyclic) bond motifs is 4. The molecule has 4 heterocycles. The Morgan fingerprint density at radius 2 is 1.08 bits per heavy atom. The molecule has 0 saturated carbocycles. The van der Waals surface area contributed by atoms with Crippen LogP contribution in [0.5, 0.6) is 0 Å². The largest absolute Gasteiger partial charge is 0.339 e. The number of hydrogen-bond acceptors (Lipinski definition) is 2. The SMILES string of the molecule is C=C/C=c1/[nH]c2c3ccc4c(=O)n5c(=C/C(C)Cl)/c(=C\C=C)[nH]c5c5ccc(c(=O)n2/c1=C/C(C)Cl)c3c45. The number of benzene rings is 2. The number of nitrogens with one attached hydrogen (secondary N) is 2. The first-order chi connectivity index (χ1) is 18.3. The molecule has 2 unspecified atom stereocenters. The number of halogens is 2. The molecule has 2 aromatic carbocycles. The summed E-state index contributed by atoms with van der Waals surface area (Å²) in [6.45, 7) is 11.3. The van der Waals surface area contributed by atoms with Crippen LogP contribution in [0.15, 0.2) is 59.2 Å². The highest BCUT2D eigenvalue weighted by atomic mass is 35.5. The van der Waals surface area contributed by atoms with Gasteiger partial charge in [-0.3, -0.25) is 18.4 Å². The Labute approximate surface area is 225 Å². The topological polar surface area (TPSA) is 74.5 Å². The maximum absolute atomic E-state index is 13.9. The predicted octanol–water partition coefficient (Wildman–Crippen LogP) is 3.21. The molecule has 0 radical (unpaired) electrons. The second-order valence-corrected chi connectivity index (χ2v) is 10.8. The standard InChI is InChI=1S/C30H24Cl2N4O2/c1-5-7-21-23(13-15(3)31)35-27(33-21)17-9-11-20-26-18(10-12-19(25(17)26)29(35)37)28-34-22(8-6-2)24(14-16(4)32)36(28)30(20)38/h5-16,33-34H,1-2H2,3-4H3/b21-7+,22-8+,23-13+,24-14+. The van der Waals surface area contributed by atoms with Crippen LogP contribution in [-0.4, -0.2) is 29.5 Å². The molecule has 190 valence electrons. The Kier molecular flexibility index (Phi) is 5.63. The number of alkyl halides is 2. The fourth-order valence-electron chi connectivity index (χ4n) is 5.52. The van der Waals surface area contributed by atoms with Gasteiger partial charge in [0.25, 0.3) is 11.1 Å². The summed E-state index contributed by atoms with van der Waals surface area (Å²) >= 11 is 12.6. The molecule has 0 spiro atoms. The molecular formula is C30H24Cl2N4O2. The van der Waals surface area contributed by atoms with Crippen molar-refractivity contribution in [1.82, 2.24) is 18.8 Å². The number of hydrogen-bond donors (Lipinski definition) is 2. The Morgan fingerprint density at radius 3 is 1.42 bits per heavy atom. The van der Waals surface area contributed by atoms with Gasteiger partial charge in [0.2, 0.25) is 0 Å². The van der Waals surface area contributed by atoms with Gasteiger partial charge in [0.1, 0.15) is 11.3 Å². The number of allylic oxidation sites excluding steroid dienone is 2. The summed E-state index contributed by atoms with van der Waals surface area (Å²) in [4.78, 5) is 34.7. The van der Waals surface area contributed by atoms with Gasteiger partial charge in [0.05, 0.1) is 32.2 Å². The lowest BCUT2D eigenvalue weighted by molar-refractivity contribution is 1.08. The Hall–Kier alpha value is -4.00. The zero-order valence-electron chi connectivity index (χ0n) is 20.8. The second-order valence-electron chi connectivity index (χ2n) is 9.39. The van der Waals surface area contributed by atoms with Crippen molar-refractivity contribution in [2.24, 2.45) is 0 Å². The van der Waals surface area contributed by atoms with Crippen molar-refractivity contribution in [2.45, 2.75) is 24.6 Å². The van der Waals surface area contributed by atoms with E-state index in [-0.39, 0.29) is 21.9 Å². The maximum Gasteiger partial charge on any atom is 0.264 e. The lowest BCUT2D eigenvalue weighted by Crippen LogP contribution is -2.34. The molecule has 0 amide bonds. The zero-order valence-corrected chi connectivity index (χ0v) is 22.3. The molecule has 6 aromatic rings. The minimum atomic E-state index is -0.298. The van der Waals surface area contributed by atoms with E-state index in [0.717, 1.165) is 32.2 Å². The summed E-state index contributed by atoms with van der Waals surface area (Å²) < 4.78 is 3.30. The zero-order chi connectivity index (χ0) is 26.9. The van der Waals surface area contributed by atoms with E-state index in [9.17, 15) is 9.59 Å². The molecule has 0 aliphatic heterocycles. The van der Waals surface area contributed by atoms with Crippen LogP contribution >= 0.6 is 23.2 Å². The molecule has 0 bridgehead atoms. The number of nitrogens with zero attached hydrogens (tertiary/aromatic N) is 2. The fraction of sp³-hybridized carbons (Fsp3) is 0.133. The monoisotopic (exact) mass is 542 g/mol. The highest BCUT2D eigenvalue weighted by molar-refractivity contribution is 6.27. The fourth-order valence-corrected chi connectivity index (χ4v) is 5.75. The molecule has 0 fully saturated rings. The summed E-state index contributed by atoms with van der Waals surface area (Å²) in [5, 5.41) is 6.37. The summed E-state index contributed by atoms with van der Waals surface area (Å²) in [6.07, 6.45) is 10.6. The number of imidazole rings is 2. The van der Waals surface area contributed by atoms with Crippen molar-refractivity contribution in [3.63, 3.8) is 0 Å². The van der Waals surface area contributed by atoms with Crippen molar-refractivity contribution >= 4 is 91.1 Å². The van der Waals surface area contributed by atoms with Crippen molar-refractivity contribution in [3.8, 4) is 0 Å². The minimum Gasteiger partial charge on any atom is -0.339 e. The summed E-state index contributed by atoms with van der Waals surface area (Å²) in [5.41, 5.74) is 0.877. The third-order valence-corrected chi connectivity index (χ3v) is 7.12. The van der Waals surface area contributed by atoms with Crippen molar-refractivity contribution < 1.29 is 0 Å². The van der Waals surface area contributed by atoms with Crippen LogP contribution in [0.25, 0.3) is 67.9 Å². The van der Waals surface area contributed by atoms with Gasteiger partial charge in [-0.2, -0.15) is 0 Å². The van der Waals surface area contributed by atoms with Crippen LogP contribution in [0.2, 0.25) is 0 Å². The third-order valence-electron chi connectivity index (χ3n) is 6.87. The second kappa shape index (κ2) is 8.79. The molecule has 0 saturated heterocycles. The average molecular weight is 543 g/mol. The number of pyridine rings is 2. The van der Waals surface area contributed by atoms with Gasteiger partial charge in [-0.25, -0.2) is 0 Å². The Bertz CT molecular complexity index is 2160. The molecule has 0 aliphatic carbocycles. The van der Waals surface area contributed by atoms with Gasteiger partial charge >= 0.3 is 0 Å². The number of aromatic nitrogens is 4. The van der Waals surface area contributed by atoms with Crippen LogP contribution in [0, 0.1) is 0 Å². The number of H-pyrrole nitrogens is 2. The summed E-state index contributed by atoms with van der Waals surface area (Å²) in [7, 11) is 0. The van der Waals surface area contributed by atoms with Crippen LogP contribution in [0.4, 0.5) is 0 Å². The van der Waals surface area contributed by atoms with E-state index in [1.54, 1.807) is 21.0 Å². The van der Waals surface area contributed by atoms with Gasteiger partial charge in [0, 0.05) is 32.3 Å². The Morgan fingerprint density at radius 1 is 0.711 bits per heavy atom. The van der Waals surface area contributed by atoms with Crippen LogP contribution in [-0.2, 0) is 0 Å². The summed E-state index contributed by atoms with van der Waals surface area (Å²) in [5.74, 6) is 0. The van der Waals surface area contributed by atoms with Gasteiger partial charge in [-0.05, 0) is 62.4 Å². The first kappa shape index (κ1) is 24.3. The molecule has 6 rings (SSSR count). The van der Waals surface area contributed by atoms with E-state index < -0.39 is 0 Å². The predicted molar refractivity (Wildman–Crippen MR) is 161 cm³/mol. The first-order valence-corrected chi connectivity index (χ1v) is 13.1. The van der Waals surface area contributed by atoms with Gasteiger partial charge in [-0.15, -0.1) is 23.2 Å². The van der Waals surface area contributed by atoms with Crippen LogP contribution in [0.3, 0.4) is 0 Å². The van der Waals surface area contributed by atoms with E-state index in [4.69, 9.17) is 23.2 Å². The smallest absolute Gasteiger partial charge is 0.264 e. The van der Waals surface area contributed by atoms with Crippen molar-refractivity contribution in [1.29, 1.82) is 0 Å². The van der Waals surface area contributed by atoms with E-state index in [1.807, 2.05) is 62.4 Å². The lowest BCUT2D eigenvalue weighted by atomic mass is 9.96. The van der Waals surface area contributed by atoms with Gasteiger partial charge in [-0.1, -0.05) is 25.3 Å². The average Bonchev–Trinajstić information content (AvgIpc) is 3.40. The lowest BCUT2D eigenvalue weighted by Gasteiger charge is -2.12. The molecule has 2 N–H and O–H groups in total. The normalized spacial score (nSPS) is 16.2. The number of rotatable bonds is 4. The molecular weight excluding hydrogens is 519 g/mol. The third kappa shape index (κ3) is 3.34. The summed E-state index contributed by atoms with van der Waals surface area (Å²) in [6, 6.07) is 7.44. The van der Waals surface area contributed by atoms with E-state index in [1.165, 1.54) is 0 Å². The van der Waals surface area contributed by atoms with E-state index in [0.29, 0.717) is 32.8 Å². The molecule has 0 aliphatic rings. The molecule has 8 heteroatoms. The number of aromatic amines is 2. The quantitative estimate of drug-likeness (QED) is 0.265. The first-order valence-electron chi connectivity index (χ1n) is 12.2. The highest BCUT2D eigenvalue weighted by Gasteiger charge is 2.20. The molecule has 6 nitrogen and oxygen atoms in total. The Balaban J connectivity index is 1.94. The molecule has 4 aromatic heterocycles. The minimum absolute atomic E-state index is 0.192. The van der Waals surface area contributed by atoms with Crippen LogP contribution in [0.1, 0.15) is 13.8 Å². The maximum atomic E-state index is 13.9. The van der Waals surface area contributed by atoms with E-state index in [2.05, 4.69) is 23.1 Å². The van der Waals surface area contributed by atoms with Crippen LogP contribution < -0.4 is 32.5 Å². The highest BCUT2D eigenvalue weighted by Crippen LogP contribution is 2.33. The van der Waals surface area contributed by atoms with Crippen molar-refractivity contribution in [2.75, 3.05) is 0 Å². The van der Waals surface area contributed by atoms with E-state index >= 15 is 0 Å². The molecule has 38 heavy (non-hydrogen) atoms.